The van der Waals surface area contributed by atoms with Gasteiger partial charge in [0.1, 0.15) is 0 Å². The summed E-state index contributed by atoms with van der Waals surface area (Å²) < 4.78 is 0. The van der Waals surface area contributed by atoms with Gasteiger partial charge in [0.25, 0.3) is 0 Å². The molecule has 2 aromatic heterocycles. The van der Waals surface area contributed by atoms with Crippen LogP contribution >= 0.6 is 0 Å². The number of rotatable bonds is 12. The van der Waals surface area contributed by atoms with Crippen molar-refractivity contribution in [2.75, 3.05) is 0 Å². The summed E-state index contributed by atoms with van der Waals surface area (Å²) in [6, 6.07) is 56.7. The van der Waals surface area contributed by atoms with Crippen molar-refractivity contribution < 1.29 is 0 Å². The summed E-state index contributed by atoms with van der Waals surface area (Å²) in [5.41, 5.74) is 15.7. The third kappa shape index (κ3) is 7.82. The Bertz CT molecular complexity index is 1990. The monoisotopic (exact) mass is 648 g/mol. The lowest BCUT2D eigenvalue weighted by molar-refractivity contribution is 0.795. The molecule has 0 bridgehead atoms. The summed E-state index contributed by atoms with van der Waals surface area (Å²) in [6.45, 7) is 4.49. The Kier molecular flexibility index (Phi) is 10.4. The van der Waals surface area contributed by atoms with Crippen LogP contribution in [0.15, 0.2) is 158 Å². The van der Waals surface area contributed by atoms with Gasteiger partial charge in [0, 0.05) is 22.3 Å². The van der Waals surface area contributed by atoms with Crippen LogP contribution in [0.25, 0.3) is 67.3 Å². The molecule has 0 N–H and O–H groups in total. The molecule has 0 saturated heterocycles. The van der Waals surface area contributed by atoms with E-state index in [-0.39, 0.29) is 0 Å². The molecule has 0 aliphatic rings. The number of aryl methyl sites for hydroxylation is 2. The number of hydrogen-bond donors (Lipinski definition) is 0. The van der Waals surface area contributed by atoms with Crippen molar-refractivity contribution in [3.05, 3.63) is 169 Å². The molecule has 0 amide bonds. The maximum absolute atomic E-state index is 5.18. The smallest absolute Gasteiger partial charge is 0.0715 e. The van der Waals surface area contributed by atoms with Crippen LogP contribution in [0, 0.1) is 0 Å². The summed E-state index contributed by atoms with van der Waals surface area (Å²) in [6.07, 6.45) is 7.03. The Labute approximate surface area is 297 Å². The van der Waals surface area contributed by atoms with Gasteiger partial charge in [0.05, 0.1) is 22.8 Å². The molecule has 0 spiro atoms. The fraction of sp³-hybridized carbons (Fsp3) is 0.167. The van der Waals surface area contributed by atoms with Crippen LogP contribution in [-0.2, 0) is 12.8 Å². The Balaban J connectivity index is 1.30. The van der Waals surface area contributed by atoms with Crippen molar-refractivity contribution in [2.24, 2.45) is 0 Å². The average molecular weight is 649 g/mol. The van der Waals surface area contributed by atoms with E-state index in [2.05, 4.69) is 172 Å². The van der Waals surface area contributed by atoms with Gasteiger partial charge >= 0.3 is 0 Å². The van der Waals surface area contributed by atoms with Gasteiger partial charge in [0.15, 0.2) is 0 Å². The van der Waals surface area contributed by atoms with Gasteiger partial charge in [-0.1, -0.05) is 154 Å². The molecule has 50 heavy (non-hydrogen) atoms. The summed E-state index contributed by atoms with van der Waals surface area (Å²) >= 11 is 0. The molecule has 0 fully saturated rings. The fourth-order valence-electron chi connectivity index (χ4n) is 6.53. The summed E-state index contributed by atoms with van der Waals surface area (Å²) in [7, 11) is 0. The van der Waals surface area contributed by atoms with E-state index < -0.39 is 0 Å². The maximum atomic E-state index is 5.18. The first-order valence-electron chi connectivity index (χ1n) is 18.1. The van der Waals surface area contributed by atoms with Gasteiger partial charge in [-0.25, -0.2) is 9.97 Å². The van der Waals surface area contributed by atoms with Crippen molar-refractivity contribution in [3.8, 4) is 67.3 Å². The minimum absolute atomic E-state index is 0.971. The van der Waals surface area contributed by atoms with Gasteiger partial charge in [-0.3, -0.25) is 0 Å². The number of aromatic nitrogens is 2. The molecule has 0 saturated carbocycles. The summed E-state index contributed by atoms with van der Waals surface area (Å²) in [4.78, 5) is 10.4. The first-order valence-corrected chi connectivity index (χ1v) is 18.1. The molecule has 2 heteroatoms. The third-order valence-electron chi connectivity index (χ3n) is 9.46. The van der Waals surface area contributed by atoms with Crippen LogP contribution < -0.4 is 0 Å². The quantitative estimate of drug-likeness (QED) is 0.132. The van der Waals surface area contributed by atoms with E-state index in [1.165, 1.54) is 36.8 Å². The zero-order chi connectivity index (χ0) is 34.1. The molecule has 2 nitrogen and oxygen atoms in total. The second kappa shape index (κ2) is 15.7. The second-order valence-corrected chi connectivity index (χ2v) is 13.2. The minimum Gasteiger partial charge on any atom is -0.248 e. The van der Waals surface area contributed by atoms with Crippen LogP contribution in [-0.4, -0.2) is 9.97 Å². The molecule has 0 unspecified atom stereocenters. The highest BCUT2D eigenvalue weighted by atomic mass is 14.7. The molecule has 5 aromatic carbocycles. The SMILES string of the molecule is CCCCc1ccc(-c2cc(-c3cccc(-c4cc(-c5ccccc5)nc(-c5ccc(CCCC)cc5)c4)c3)cc(-c3ccccc3)n2)cc1. The molecule has 0 aliphatic carbocycles. The first-order chi connectivity index (χ1) is 24.7. The highest BCUT2D eigenvalue weighted by molar-refractivity contribution is 5.82. The van der Waals surface area contributed by atoms with Crippen LogP contribution in [0.3, 0.4) is 0 Å². The van der Waals surface area contributed by atoms with Crippen LogP contribution in [0.4, 0.5) is 0 Å². The van der Waals surface area contributed by atoms with E-state index in [1.54, 1.807) is 0 Å². The van der Waals surface area contributed by atoms with E-state index in [9.17, 15) is 0 Å². The zero-order valence-corrected chi connectivity index (χ0v) is 29.1. The lowest BCUT2D eigenvalue weighted by Gasteiger charge is -2.13. The number of benzene rings is 5. The van der Waals surface area contributed by atoms with Crippen molar-refractivity contribution in [1.82, 2.24) is 9.97 Å². The summed E-state index contributed by atoms with van der Waals surface area (Å²) in [5.74, 6) is 0. The number of hydrogen-bond acceptors (Lipinski definition) is 2. The number of pyridine rings is 2. The Morgan fingerprint density at radius 1 is 0.320 bits per heavy atom. The Morgan fingerprint density at radius 3 is 1.02 bits per heavy atom. The lowest BCUT2D eigenvalue weighted by Crippen LogP contribution is -1.93. The highest BCUT2D eigenvalue weighted by Gasteiger charge is 2.13. The second-order valence-electron chi connectivity index (χ2n) is 13.2. The topological polar surface area (TPSA) is 25.8 Å². The molecule has 7 aromatic rings. The van der Waals surface area contributed by atoms with Gasteiger partial charge < -0.3 is 0 Å². The van der Waals surface area contributed by atoms with Gasteiger partial charge in [-0.05, 0) is 89.4 Å². The van der Waals surface area contributed by atoms with Crippen molar-refractivity contribution in [3.63, 3.8) is 0 Å². The molecular weight excluding hydrogens is 605 g/mol. The Morgan fingerprint density at radius 2 is 0.660 bits per heavy atom. The van der Waals surface area contributed by atoms with Crippen molar-refractivity contribution in [1.29, 1.82) is 0 Å². The van der Waals surface area contributed by atoms with Crippen molar-refractivity contribution >= 4 is 0 Å². The molecule has 0 atom stereocenters. The zero-order valence-electron chi connectivity index (χ0n) is 29.1. The predicted molar refractivity (Wildman–Crippen MR) is 212 cm³/mol. The standard InChI is InChI=1S/C48H44N2/c1-3-5-14-35-22-26-39(27-23-35)47-33-43(31-45(49-47)37-16-9-7-10-17-37)41-20-13-21-42(30-41)44-32-46(38-18-11-8-12-19-38)50-48(34-44)40-28-24-36(25-29-40)15-6-4-2/h7-13,16-34H,3-6,14-15H2,1-2H3. The van der Waals surface area contributed by atoms with Crippen LogP contribution in [0.5, 0.6) is 0 Å². The molecule has 246 valence electrons. The normalized spacial score (nSPS) is 11.1. The van der Waals surface area contributed by atoms with E-state index in [0.717, 1.165) is 80.1 Å². The summed E-state index contributed by atoms with van der Waals surface area (Å²) in [5, 5.41) is 0. The van der Waals surface area contributed by atoms with Gasteiger partial charge in [-0.15, -0.1) is 0 Å². The van der Waals surface area contributed by atoms with Gasteiger partial charge in [0.2, 0.25) is 0 Å². The van der Waals surface area contributed by atoms with Crippen LogP contribution in [0.1, 0.15) is 50.7 Å². The minimum atomic E-state index is 0.971. The lowest BCUT2D eigenvalue weighted by atomic mass is 9.95. The van der Waals surface area contributed by atoms with Gasteiger partial charge in [-0.2, -0.15) is 0 Å². The Hall–Kier alpha value is -5.60. The fourth-order valence-corrected chi connectivity index (χ4v) is 6.53. The number of nitrogens with zero attached hydrogens (tertiary/aromatic N) is 2. The highest BCUT2D eigenvalue weighted by Crippen LogP contribution is 2.35. The van der Waals surface area contributed by atoms with E-state index in [0.29, 0.717) is 0 Å². The van der Waals surface area contributed by atoms with Crippen LogP contribution in [0.2, 0.25) is 0 Å². The molecule has 0 aliphatic heterocycles. The van der Waals surface area contributed by atoms with E-state index in [1.807, 2.05) is 0 Å². The number of unbranched alkanes of at least 4 members (excludes halogenated alkanes) is 2. The largest absolute Gasteiger partial charge is 0.248 e. The van der Waals surface area contributed by atoms with Crippen molar-refractivity contribution in [2.45, 2.75) is 52.4 Å². The molecule has 2 heterocycles. The van der Waals surface area contributed by atoms with E-state index >= 15 is 0 Å². The molecule has 7 rings (SSSR count). The molecule has 0 radical (unpaired) electrons. The first kappa shape index (κ1) is 32.9. The third-order valence-corrected chi connectivity index (χ3v) is 9.46. The van der Waals surface area contributed by atoms with E-state index in [4.69, 9.17) is 9.97 Å². The maximum Gasteiger partial charge on any atom is 0.0715 e. The molecular formula is C48H44N2. The average Bonchev–Trinajstić information content (AvgIpc) is 3.20. The predicted octanol–water partition coefficient (Wildman–Crippen LogP) is 13.2.